The Labute approximate surface area is 202 Å². The monoisotopic (exact) mass is 457 g/mol. The lowest BCUT2D eigenvalue weighted by Crippen LogP contribution is -2.08. The van der Waals surface area contributed by atoms with E-state index in [0.717, 1.165) is 47.5 Å². The maximum Gasteiger partial charge on any atom is 0.139 e. The van der Waals surface area contributed by atoms with Crippen LogP contribution in [0.4, 0.5) is 11.4 Å². The average Bonchev–Trinajstić information content (AvgIpc) is 3.73. The van der Waals surface area contributed by atoms with Crippen molar-refractivity contribution in [2.24, 2.45) is 5.92 Å². The van der Waals surface area contributed by atoms with Gasteiger partial charge in [0.05, 0.1) is 30.4 Å². The van der Waals surface area contributed by atoms with Gasteiger partial charge in [-0.2, -0.15) is 0 Å². The van der Waals surface area contributed by atoms with Crippen molar-refractivity contribution in [3.63, 3.8) is 0 Å². The van der Waals surface area contributed by atoms with Gasteiger partial charge in [-0.05, 0) is 73.4 Å². The molecule has 1 N–H and O–H groups in total. The summed E-state index contributed by atoms with van der Waals surface area (Å²) in [6.45, 7) is 1.24. The average molecular weight is 458 g/mol. The lowest BCUT2D eigenvalue weighted by atomic mass is 9.86. The van der Waals surface area contributed by atoms with Crippen LogP contribution in [0.1, 0.15) is 75.0 Å². The molecule has 0 aliphatic heterocycles. The number of hydrogen-bond donors (Lipinski definition) is 1. The molecule has 178 valence electrons. The second kappa shape index (κ2) is 11.4. The summed E-state index contributed by atoms with van der Waals surface area (Å²) in [6, 6.07) is 14.2. The van der Waals surface area contributed by atoms with Gasteiger partial charge in [-0.3, -0.25) is 9.97 Å². The number of benzene rings is 1. The molecule has 34 heavy (non-hydrogen) atoms. The van der Waals surface area contributed by atoms with E-state index in [-0.39, 0.29) is 0 Å². The van der Waals surface area contributed by atoms with Crippen LogP contribution in [0.3, 0.4) is 0 Å². The third kappa shape index (κ3) is 6.49. The third-order valence-corrected chi connectivity index (χ3v) is 6.90. The molecule has 2 aliphatic carbocycles. The summed E-state index contributed by atoms with van der Waals surface area (Å²) < 4.78 is 12.0. The molecule has 2 aromatic heterocycles. The summed E-state index contributed by atoms with van der Waals surface area (Å²) in [5, 5.41) is 3.57. The molecule has 0 amide bonds. The minimum atomic E-state index is 0.474. The van der Waals surface area contributed by atoms with Gasteiger partial charge in [0.1, 0.15) is 18.1 Å². The highest BCUT2D eigenvalue weighted by molar-refractivity contribution is 5.66. The highest BCUT2D eigenvalue weighted by Gasteiger charge is 2.27. The second-order valence-corrected chi connectivity index (χ2v) is 9.66. The molecule has 0 radical (unpaired) electrons. The van der Waals surface area contributed by atoms with Crippen molar-refractivity contribution < 1.29 is 9.47 Å². The van der Waals surface area contributed by atoms with Crippen molar-refractivity contribution in [1.29, 1.82) is 0 Å². The van der Waals surface area contributed by atoms with E-state index >= 15 is 0 Å². The molecule has 0 bridgehead atoms. The number of rotatable bonds is 11. The zero-order valence-corrected chi connectivity index (χ0v) is 19.9. The van der Waals surface area contributed by atoms with Gasteiger partial charge in [-0.25, -0.2) is 0 Å². The van der Waals surface area contributed by atoms with Gasteiger partial charge in [-0.15, -0.1) is 0 Å². The quantitative estimate of drug-likeness (QED) is 0.304. The van der Waals surface area contributed by atoms with Crippen LogP contribution in [0.25, 0.3) is 0 Å². The van der Waals surface area contributed by atoms with Crippen LogP contribution in [0.15, 0.2) is 61.1 Å². The van der Waals surface area contributed by atoms with Gasteiger partial charge in [-0.1, -0.05) is 38.2 Å². The van der Waals surface area contributed by atoms with Crippen LogP contribution >= 0.6 is 0 Å². The van der Waals surface area contributed by atoms with Crippen LogP contribution in [0, 0.1) is 5.92 Å². The molecule has 2 aliphatic rings. The fraction of sp³-hybridized carbons (Fsp3) is 0.448. The molecule has 1 aromatic carbocycles. The molecule has 2 heterocycles. The van der Waals surface area contributed by atoms with Crippen molar-refractivity contribution in [3.8, 4) is 11.5 Å². The Balaban J connectivity index is 1.17. The third-order valence-electron chi connectivity index (χ3n) is 6.90. The van der Waals surface area contributed by atoms with E-state index in [4.69, 9.17) is 9.47 Å². The molecular formula is C29H35N3O2. The predicted octanol–water partition coefficient (Wildman–Crippen LogP) is 7.42. The highest BCUT2D eigenvalue weighted by atomic mass is 16.5. The molecule has 2 saturated carbocycles. The van der Waals surface area contributed by atoms with Crippen LogP contribution in [-0.2, 0) is 6.61 Å². The fourth-order valence-corrected chi connectivity index (χ4v) is 4.88. The topological polar surface area (TPSA) is 56.3 Å². The van der Waals surface area contributed by atoms with Gasteiger partial charge in [0, 0.05) is 18.0 Å². The number of ether oxygens (including phenoxy) is 2. The Morgan fingerprint density at radius 1 is 0.882 bits per heavy atom. The predicted molar refractivity (Wildman–Crippen MR) is 136 cm³/mol. The Bertz CT molecular complexity index is 1050. The summed E-state index contributed by atoms with van der Waals surface area (Å²) in [5.74, 6) is 3.21. The summed E-state index contributed by atoms with van der Waals surface area (Å²) in [4.78, 5) is 8.74. The minimum Gasteiger partial charge on any atom is -0.492 e. The van der Waals surface area contributed by atoms with Crippen molar-refractivity contribution in [1.82, 2.24) is 9.97 Å². The van der Waals surface area contributed by atoms with Crippen LogP contribution < -0.4 is 14.8 Å². The number of nitrogens with zero attached hydrogens (tertiary/aromatic N) is 2. The smallest absolute Gasteiger partial charge is 0.139 e. The molecule has 0 saturated heterocycles. The molecule has 5 heteroatoms. The maximum absolute atomic E-state index is 6.03. The number of anilines is 2. The van der Waals surface area contributed by atoms with Crippen LogP contribution in [0.5, 0.6) is 11.5 Å². The van der Waals surface area contributed by atoms with Crippen molar-refractivity contribution in [2.75, 3.05) is 11.9 Å². The zero-order valence-electron chi connectivity index (χ0n) is 19.9. The summed E-state index contributed by atoms with van der Waals surface area (Å²) >= 11 is 0. The largest absolute Gasteiger partial charge is 0.492 e. The first-order valence-corrected chi connectivity index (χ1v) is 12.8. The number of nitrogens with one attached hydrogen (secondary N) is 1. The standard InChI is InChI=1S/C29H35N3O2/c1-2-7-22(8-3-1)9-6-16-33-27-17-25(19-30-20-27)32-29-14-13-26(18-28(29)23-11-12-23)34-21-24-10-4-5-15-31-24/h4-5,10,13-15,17-20,22-23,32H,1-3,6-9,11-12,16,21H2. The highest BCUT2D eigenvalue weighted by Crippen LogP contribution is 2.45. The summed E-state index contributed by atoms with van der Waals surface area (Å²) in [5.41, 5.74) is 4.30. The van der Waals surface area contributed by atoms with Crippen molar-refractivity contribution in [3.05, 3.63) is 72.3 Å². The SMILES string of the molecule is c1ccc(COc2ccc(Nc3cncc(OCCCC4CCCCC4)c3)c(C3CC3)c2)nc1. The van der Waals surface area contributed by atoms with E-state index in [0.29, 0.717) is 12.5 Å². The molecule has 5 nitrogen and oxygen atoms in total. The van der Waals surface area contributed by atoms with Gasteiger partial charge in [0.2, 0.25) is 0 Å². The fourth-order valence-electron chi connectivity index (χ4n) is 4.88. The van der Waals surface area contributed by atoms with Crippen molar-refractivity contribution in [2.45, 2.75) is 70.3 Å². The van der Waals surface area contributed by atoms with Crippen LogP contribution in [0.2, 0.25) is 0 Å². The number of pyridine rings is 2. The molecule has 0 atom stereocenters. The maximum atomic E-state index is 6.03. The molecule has 0 unspecified atom stereocenters. The van der Waals surface area contributed by atoms with E-state index < -0.39 is 0 Å². The number of aromatic nitrogens is 2. The number of hydrogen-bond acceptors (Lipinski definition) is 5. The van der Waals surface area contributed by atoms with E-state index in [9.17, 15) is 0 Å². The Hall–Kier alpha value is -3.08. The van der Waals surface area contributed by atoms with Crippen molar-refractivity contribution >= 4 is 11.4 Å². The molecule has 0 spiro atoms. The minimum absolute atomic E-state index is 0.474. The Morgan fingerprint density at radius 2 is 1.79 bits per heavy atom. The van der Waals surface area contributed by atoms with E-state index in [1.54, 1.807) is 6.20 Å². The van der Waals surface area contributed by atoms with Gasteiger partial charge in [0.15, 0.2) is 0 Å². The lowest BCUT2D eigenvalue weighted by Gasteiger charge is -2.21. The molecule has 2 fully saturated rings. The van der Waals surface area contributed by atoms with E-state index in [2.05, 4.69) is 33.5 Å². The van der Waals surface area contributed by atoms with Gasteiger partial charge < -0.3 is 14.8 Å². The van der Waals surface area contributed by atoms with E-state index in [1.165, 1.54) is 56.9 Å². The normalized spacial score (nSPS) is 16.2. The second-order valence-electron chi connectivity index (χ2n) is 9.66. The molecular weight excluding hydrogens is 422 g/mol. The van der Waals surface area contributed by atoms with Gasteiger partial charge in [0.25, 0.3) is 0 Å². The Morgan fingerprint density at radius 3 is 2.62 bits per heavy atom. The molecule has 3 aromatic rings. The first-order chi connectivity index (χ1) is 16.8. The van der Waals surface area contributed by atoms with Crippen LogP contribution in [-0.4, -0.2) is 16.6 Å². The van der Waals surface area contributed by atoms with E-state index in [1.807, 2.05) is 36.7 Å². The zero-order chi connectivity index (χ0) is 23.0. The summed E-state index contributed by atoms with van der Waals surface area (Å²) in [6.07, 6.45) is 17.3. The Kier molecular flexibility index (Phi) is 7.59. The van der Waals surface area contributed by atoms with Gasteiger partial charge >= 0.3 is 0 Å². The summed E-state index contributed by atoms with van der Waals surface area (Å²) in [7, 11) is 0. The molecule has 5 rings (SSSR count). The lowest BCUT2D eigenvalue weighted by molar-refractivity contribution is 0.268. The first-order valence-electron chi connectivity index (χ1n) is 12.8. The first kappa shape index (κ1) is 22.7.